The molecule has 1 aliphatic heterocycles. The van der Waals surface area contributed by atoms with Crippen LogP contribution in [0.15, 0.2) is 48.5 Å². The molecule has 0 radical (unpaired) electrons. The zero-order valence-electron chi connectivity index (χ0n) is 17.8. The van der Waals surface area contributed by atoms with Crippen LogP contribution in [0.3, 0.4) is 0 Å². The van der Waals surface area contributed by atoms with Crippen molar-refractivity contribution >= 4 is 26.7 Å². The molecule has 0 bridgehead atoms. The molecule has 8 nitrogen and oxygen atoms in total. The highest BCUT2D eigenvalue weighted by Gasteiger charge is 2.32. The Morgan fingerprint density at radius 3 is 2.62 bits per heavy atom. The maximum absolute atomic E-state index is 14.9. The fourth-order valence-corrected chi connectivity index (χ4v) is 5.12. The monoisotopic (exact) mass is 453 g/mol. The van der Waals surface area contributed by atoms with Crippen LogP contribution in [0.2, 0.25) is 0 Å². The first-order chi connectivity index (χ1) is 15.7. The van der Waals surface area contributed by atoms with Crippen LogP contribution >= 0.6 is 11.3 Å². The van der Waals surface area contributed by atoms with E-state index in [1.807, 2.05) is 30.3 Å². The standard InChI is InChI=1S/C22H24FN7OS/c1-31-15-14-30-21(25-26-27-30)20(16-6-2-3-7-17(16)23)28-10-12-29(13-11-28)22-24-18-8-4-5-9-19(18)32-22/h2-9,20H,10-15H2,1H3/t20-/m1/s1. The van der Waals surface area contributed by atoms with E-state index in [1.54, 1.807) is 29.2 Å². The van der Waals surface area contributed by atoms with E-state index in [4.69, 9.17) is 9.72 Å². The number of thiazole rings is 1. The highest BCUT2D eigenvalue weighted by Crippen LogP contribution is 2.33. The molecular formula is C22H24FN7OS. The third kappa shape index (κ3) is 4.08. The largest absolute Gasteiger partial charge is 0.383 e. The lowest BCUT2D eigenvalue weighted by molar-refractivity contribution is 0.171. The molecule has 166 valence electrons. The summed E-state index contributed by atoms with van der Waals surface area (Å²) in [6.45, 7) is 4.07. The Hall–Kier alpha value is -2.95. The molecule has 0 unspecified atom stereocenters. The van der Waals surface area contributed by atoms with Crippen molar-refractivity contribution in [2.45, 2.75) is 12.6 Å². The molecule has 2 aromatic carbocycles. The molecular weight excluding hydrogens is 429 g/mol. The number of benzene rings is 2. The van der Waals surface area contributed by atoms with E-state index in [1.165, 1.54) is 10.8 Å². The number of halogens is 1. The number of para-hydroxylation sites is 1. The number of fused-ring (bicyclic) bond motifs is 1. The van der Waals surface area contributed by atoms with E-state index in [0.29, 0.717) is 24.5 Å². The zero-order valence-corrected chi connectivity index (χ0v) is 18.6. The number of tetrazole rings is 1. The second kappa shape index (κ2) is 9.27. The van der Waals surface area contributed by atoms with Gasteiger partial charge in [0.2, 0.25) is 0 Å². The Morgan fingerprint density at radius 1 is 1.06 bits per heavy atom. The molecule has 1 saturated heterocycles. The zero-order chi connectivity index (χ0) is 21.9. The van der Waals surface area contributed by atoms with Crippen LogP contribution in [0.25, 0.3) is 10.2 Å². The van der Waals surface area contributed by atoms with Gasteiger partial charge in [0.1, 0.15) is 11.9 Å². The Kier molecular flexibility index (Phi) is 6.06. The minimum Gasteiger partial charge on any atom is -0.383 e. The number of nitrogens with zero attached hydrogens (tertiary/aromatic N) is 7. The minimum atomic E-state index is -0.374. The van der Waals surface area contributed by atoms with Gasteiger partial charge in [0, 0.05) is 38.9 Å². The van der Waals surface area contributed by atoms with E-state index in [9.17, 15) is 4.39 Å². The highest BCUT2D eigenvalue weighted by molar-refractivity contribution is 7.22. The van der Waals surface area contributed by atoms with Crippen molar-refractivity contribution in [3.05, 3.63) is 65.7 Å². The Balaban J connectivity index is 1.40. The van der Waals surface area contributed by atoms with E-state index >= 15 is 0 Å². The molecule has 0 aliphatic carbocycles. The minimum absolute atomic E-state index is 0.257. The van der Waals surface area contributed by atoms with Crippen LogP contribution in [0.5, 0.6) is 0 Å². The number of aromatic nitrogens is 5. The number of piperazine rings is 1. The molecule has 2 aromatic heterocycles. The number of ether oxygens (including phenoxy) is 1. The lowest BCUT2D eigenvalue weighted by atomic mass is 10.0. The maximum atomic E-state index is 14.9. The molecule has 10 heteroatoms. The summed E-state index contributed by atoms with van der Waals surface area (Å²) >= 11 is 1.71. The Morgan fingerprint density at radius 2 is 1.84 bits per heavy atom. The van der Waals surface area contributed by atoms with Crippen LogP contribution < -0.4 is 4.90 Å². The summed E-state index contributed by atoms with van der Waals surface area (Å²) in [5, 5.41) is 13.3. The molecule has 5 rings (SSSR count). The topological polar surface area (TPSA) is 72.2 Å². The quantitative estimate of drug-likeness (QED) is 0.426. The summed E-state index contributed by atoms with van der Waals surface area (Å²) in [4.78, 5) is 9.34. The van der Waals surface area contributed by atoms with Gasteiger partial charge in [-0.05, 0) is 28.6 Å². The number of methoxy groups -OCH3 is 1. The number of hydrogen-bond acceptors (Lipinski definition) is 8. The van der Waals surface area contributed by atoms with Crippen LogP contribution in [-0.2, 0) is 11.3 Å². The van der Waals surface area contributed by atoms with Gasteiger partial charge in [-0.1, -0.05) is 41.7 Å². The predicted octanol–water partition coefficient (Wildman–Crippen LogP) is 2.98. The van der Waals surface area contributed by atoms with Crippen LogP contribution in [-0.4, -0.2) is 70.0 Å². The van der Waals surface area contributed by atoms with E-state index in [0.717, 1.165) is 36.8 Å². The summed E-state index contributed by atoms with van der Waals surface area (Å²) in [6, 6.07) is 14.7. The van der Waals surface area contributed by atoms with Crippen molar-refractivity contribution in [2.24, 2.45) is 0 Å². The smallest absolute Gasteiger partial charge is 0.186 e. The molecule has 0 N–H and O–H groups in total. The van der Waals surface area contributed by atoms with Gasteiger partial charge in [-0.2, -0.15) is 0 Å². The van der Waals surface area contributed by atoms with Gasteiger partial charge in [0.15, 0.2) is 11.0 Å². The Labute approximate surface area is 189 Å². The van der Waals surface area contributed by atoms with Crippen molar-refractivity contribution < 1.29 is 9.13 Å². The fraction of sp³-hybridized carbons (Fsp3) is 0.364. The van der Waals surface area contributed by atoms with Gasteiger partial charge in [-0.15, -0.1) is 5.10 Å². The van der Waals surface area contributed by atoms with Crippen molar-refractivity contribution in [3.8, 4) is 0 Å². The van der Waals surface area contributed by atoms with Crippen LogP contribution in [0.4, 0.5) is 9.52 Å². The molecule has 1 fully saturated rings. The molecule has 3 heterocycles. The van der Waals surface area contributed by atoms with Gasteiger partial charge in [-0.3, -0.25) is 4.90 Å². The molecule has 32 heavy (non-hydrogen) atoms. The van der Waals surface area contributed by atoms with Crippen molar-refractivity contribution in [2.75, 3.05) is 44.8 Å². The molecule has 1 aliphatic rings. The molecule has 0 saturated carbocycles. The lowest BCUT2D eigenvalue weighted by Crippen LogP contribution is -2.48. The average molecular weight is 454 g/mol. The van der Waals surface area contributed by atoms with E-state index in [-0.39, 0.29) is 11.9 Å². The molecule has 0 amide bonds. The second-order valence-electron chi connectivity index (χ2n) is 7.66. The highest BCUT2D eigenvalue weighted by atomic mass is 32.1. The number of anilines is 1. The van der Waals surface area contributed by atoms with Crippen molar-refractivity contribution in [3.63, 3.8) is 0 Å². The normalized spacial score (nSPS) is 16.0. The second-order valence-corrected chi connectivity index (χ2v) is 8.67. The first-order valence-corrected chi connectivity index (χ1v) is 11.4. The van der Waals surface area contributed by atoms with Gasteiger partial charge in [-0.25, -0.2) is 14.1 Å². The van der Waals surface area contributed by atoms with E-state index < -0.39 is 0 Å². The summed E-state index contributed by atoms with van der Waals surface area (Å²) < 4.78 is 23.0. The Bertz CT molecular complexity index is 1150. The molecule has 1 atom stereocenters. The maximum Gasteiger partial charge on any atom is 0.186 e. The van der Waals surface area contributed by atoms with E-state index in [2.05, 4.69) is 31.4 Å². The van der Waals surface area contributed by atoms with Crippen molar-refractivity contribution in [1.29, 1.82) is 0 Å². The van der Waals surface area contributed by atoms with Gasteiger partial charge >= 0.3 is 0 Å². The average Bonchev–Trinajstić information content (AvgIpc) is 3.47. The first kappa shape index (κ1) is 20.9. The van der Waals surface area contributed by atoms with Gasteiger partial charge < -0.3 is 9.64 Å². The summed E-state index contributed by atoms with van der Waals surface area (Å²) in [6.07, 6.45) is 0. The third-order valence-corrected chi connectivity index (χ3v) is 6.84. The number of rotatable bonds is 7. The summed E-state index contributed by atoms with van der Waals surface area (Å²) in [5.41, 5.74) is 1.60. The van der Waals surface area contributed by atoms with Crippen LogP contribution in [0.1, 0.15) is 17.4 Å². The SMILES string of the molecule is COCCn1nnnc1[C@@H](c1ccccc1F)N1CCN(c2nc3ccccc3s2)CC1. The van der Waals surface area contributed by atoms with Crippen LogP contribution in [0, 0.1) is 5.82 Å². The first-order valence-electron chi connectivity index (χ1n) is 10.6. The molecule has 0 spiro atoms. The third-order valence-electron chi connectivity index (χ3n) is 5.74. The predicted molar refractivity (Wildman–Crippen MR) is 121 cm³/mol. The van der Waals surface area contributed by atoms with Crippen molar-refractivity contribution in [1.82, 2.24) is 30.1 Å². The van der Waals surface area contributed by atoms with Gasteiger partial charge in [0.25, 0.3) is 0 Å². The summed E-state index contributed by atoms with van der Waals surface area (Å²) in [7, 11) is 1.64. The molecule has 4 aromatic rings. The lowest BCUT2D eigenvalue weighted by Gasteiger charge is -2.38. The number of hydrogen-bond donors (Lipinski definition) is 0. The van der Waals surface area contributed by atoms with Gasteiger partial charge in [0.05, 0.1) is 23.4 Å². The summed E-state index contributed by atoms with van der Waals surface area (Å²) in [5.74, 6) is 0.369. The fourth-order valence-electron chi connectivity index (χ4n) is 4.11.